The lowest BCUT2D eigenvalue weighted by molar-refractivity contribution is -0.152. The zero-order chi connectivity index (χ0) is 13.6. The van der Waals surface area contributed by atoms with Gasteiger partial charge >= 0.3 is 5.97 Å². The summed E-state index contributed by atoms with van der Waals surface area (Å²) in [6.07, 6.45) is 2.80. The summed E-state index contributed by atoms with van der Waals surface area (Å²) >= 11 is 4.93. The third-order valence-electron chi connectivity index (χ3n) is 3.77. The molecule has 2 aliphatic rings. The first kappa shape index (κ1) is 13.1. The number of carbonyl (C=O) groups excluding carboxylic acids is 1. The fourth-order valence-corrected chi connectivity index (χ4v) is 4.38. The van der Waals surface area contributed by atoms with Crippen molar-refractivity contribution in [1.29, 1.82) is 0 Å². The molecular formula is C13H14BrNO3S. The Morgan fingerprint density at radius 2 is 2.16 bits per heavy atom. The van der Waals surface area contributed by atoms with E-state index in [2.05, 4.69) is 15.9 Å². The summed E-state index contributed by atoms with van der Waals surface area (Å²) in [4.78, 5) is 26.5. The van der Waals surface area contributed by atoms with Gasteiger partial charge in [-0.3, -0.25) is 9.59 Å². The van der Waals surface area contributed by atoms with E-state index in [1.807, 2.05) is 16.3 Å². The average molecular weight is 344 g/mol. The van der Waals surface area contributed by atoms with Crippen molar-refractivity contribution in [1.82, 2.24) is 4.90 Å². The van der Waals surface area contributed by atoms with Crippen LogP contribution in [-0.2, 0) is 9.59 Å². The molecule has 1 saturated carbocycles. The van der Waals surface area contributed by atoms with Crippen LogP contribution in [0.15, 0.2) is 15.9 Å². The quantitative estimate of drug-likeness (QED) is 0.917. The van der Waals surface area contributed by atoms with Crippen molar-refractivity contribution < 1.29 is 14.7 Å². The first-order valence-corrected chi connectivity index (χ1v) is 8.03. The lowest BCUT2D eigenvalue weighted by Gasteiger charge is -2.39. The predicted octanol–water partition coefficient (Wildman–Crippen LogP) is 3.04. The monoisotopic (exact) mass is 343 g/mol. The molecule has 4 nitrogen and oxygen atoms in total. The maximum Gasteiger partial charge on any atom is 0.308 e. The van der Waals surface area contributed by atoms with Gasteiger partial charge in [-0.25, -0.2) is 0 Å². The molecule has 0 bridgehead atoms. The van der Waals surface area contributed by atoms with Crippen LogP contribution in [0.25, 0.3) is 0 Å². The van der Waals surface area contributed by atoms with E-state index in [1.165, 1.54) is 11.3 Å². The Morgan fingerprint density at radius 1 is 1.42 bits per heavy atom. The number of thiophene rings is 1. The molecule has 1 aliphatic carbocycles. The van der Waals surface area contributed by atoms with E-state index in [0.717, 1.165) is 22.2 Å². The first-order valence-electron chi connectivity index (χ1n) is 6.36. The van der Waals surface area contributed by atoms with Gasteiger partial charge in [0.15, 0.2) is 0 Å². The summed E-state index contributed by atoms with van der Waals surface area (Å²) in [5.41, 5.74) is 0. The van der Waals surface area contributed by atoms with Crippen LogP contribution in [0.1, 0.15) is 36.6 Å². The van der Waals surface area contributed by atoms with Crippen molar-refractivity contribution in [2.45, 2.75) is 37.8 Å². The molecule has 2 fully saturated rings. The molecule has 1 amide bonds. The smallest absolute Gasteiger partial charge is 0.308 e. The van der Waals surface area contributed by atoms with Crippen molar-refractivity contribution in [3.63, 3.8) is 0 Å². The summed E-state index contributed by atoms with van der Waals surface area (Å²) < 4.78 is 0.949. The molecule has 1 aromatic heterocycles. The molecule has 6 heteroatoms. The fraction of sp³-hybridized carbons (Fsp3) is 0.538. The number of carbonyl (C=O) groups is 2. The van der Waals surface area contributed by atoms with Crippen molar-refractivity contribution in [2.75, 3.05) is 0 Å². The van der Waals surface area contributed by atoms with Gasteiger partial charge in [-0.1, -0.05) is 0 Å². The minimum absolute atomic E-state index is 0.106. The number of hydrogen-bond acceptors (Lipinski definition) is 3. The van der Waals surface area contributed by atoms with Crippen LogP contribution in [-0.4, -0.2) is 27.9 Å². The summed E-state index contributed by atoms with van der Waals surface area (Å²) in [7, 11) is 0. The number of carboxylic acids is 1. The van der Waals surface area contributed by atoms with E-state index in [0.29, 0.717) is 12.8 Å². The third-order valence-corrected chi connectivity index (χ3v) is 5.54. The highest BCUT2D eigenvalue weighted by Crippen LogP contribution is 2.45. The van der Waals surface area contributed by atoms with Gasteiger partial charge in [0, 0.05) is 27.2 Å². The number of likely N-dealkylation sites (tertiary alicyclic amines) is 1. The number of carboxylic acid groups (broad SMARTS) is 1. The van der Waals surface area contributed by atoms with Crippen LogP contribution in [0, 0.1) is 5.92 Å². The molecule has 2 unspecified atom stereocenters. The fourth-order valence-electron chi connectivity index (χ4n) is 2.78. The van der Waals surface area contributed by atoms with E-state index in [4.69, 9.17) is 0 Å². The highest BCUT2D eigenvalue weighted by atomic mass is 79.9. The van der Waals surface area contributed by atoms with Gasteiger partial charge in [-0.05, 0) is 41.3 Å². The number of halogens is 1. The summed E-state index contributed by atoms with van der Waals surface area (Å²) in [5, 5.41) is 11.4. The average Bonchev–Trinajstić information content (AvgIpc) is 3.10. The lowest BCUT2D eigenvalue weighted by atomic mass is 9.87. The van der Waals surface area contributed by atoms with Crippen LogP contribution < -0.4 is 0 Å². The van der Waals surface area contributed by atoms with Crippen LogP contribution in [0.3, 0.4) is 0 Å². The van der Waals surface area contributed by atoms with Crippen molar-refractivity contribution >= 4 is 39.1 Å². The number of amides is 1. The van der Waals surface area contributed by atoms with E-state index in [1.54, 1.807) is 0 Å². The number of rotatable bonds is 3. The number of hydrogen-bond donors (Lipinski definition) is 1. The van der Waals surface area contributed by atoms with Gasteiger partial charge in [0.25, 0.3) is 0 Å². The molecule has 1 saturated heterocycles. The Hall–Kier alpha value is -0.880. The highest BCUT2D eigenvalue weighted by Gasteiger charge is 2.47. The number of nitrogens with zero attached hydrogens (tertiary/aromatic N) is 1. The zero-order valence-electron chi connectivity index (χ0n) is 10.2. The van der Waals surface area contributed by atoms with Crippen LogP contribution in [0.5, 0.6) is 0 Å². The maximum atomic E-state index is 12.2. The first-order chi connectivity index (χ1) is 9.08. The Bertz CT molecular complexity index is 526. The molecule has 0 spiro atoms. The van der Waals surface area contributed by atoms with Crippen LogP contribution in [0.4, 0.5) is 0 Å². The standard InChI is InChI=1S/C13H14BrNO3S/c14-7-5-10(19-6-7)12-9(13(17)18)3-4-11(16)15(12)8-1-2-8/h5-6,8-9,12H,1-4H2,(H,17,18). The molecule has 1 aromatic rings. The largest absolute Gasteiger partial charge is 0.481 e. The maximum absolute atomic E-state index is 12.2. The predicted molar refractivity (Wildman–Crippen MR) is 75.0 cm³/mol. The molecule has 2 heterocycles. The number of aliphatic carboxylic acids is 1. The molecule has 2 atom stereocenters. The molecule has 0 radical (unpaired) electrons. The van der Waals surface area contributed by atoms with Crippen molar-refractivity contribution in [3.8, 4) is 0 Å². The van der Waals surface area contributed by atoms with E-state index < -0.39 is 11.9 Å². The minimum atomic E-state index is -0.798. The molecule has 3 rings (SSSR count). The molecule has 1 aliphatic heterocycles. The summed E-state index contributed by atoms with van der Waals surface area (Å²) in [6.45, 7) is 0. The topological polar surface area (TPSA) is 57.6 Å². The number of piperidine rings is 1. The van der Waals surface area contributed by atoms with Gasteiger partial charge in [0.05, 0.1) is 12.0 Å². The van der Waals surface area contributed by atoms with E-state index in [9.17, 15) is 14.7 Å². The summed E-state index contributed by atoms with van der Waals surface area (Å²) in [5.74, 6) is -1.17. The molecule has 102 valence electrons. The lowest BCUT2D eigenvalue weighted by Crippen LogP contribution is -2.46. The van der Waals surface area contributed by atoms with E-state index >= 15 is 0 Å². The van der Waals surface area contributed by atoms with Crippen LogP contribution >= 0.6 is 27.3 Å². The second-order valence-electron chi connectivity index (χ2n) is 5.13. The molecular weight excluding hydrogens is 330 g/mol. The Kier molecular flexibility index (Phi) is 3.39. The highest BCUT2D eigenvalue weighted by molar-refractivity contribution is 9.10. The van der Waals surface area contributed by atoms with Gasteiger partial charge in [0.1, 0.15) is 0 Å². The Morgan fingerprint density at radius 3 is 2.68 bits per heavy atom. The molecule has 19 heavy (non-hydrogen) atoms. The molecule has 1 N–H and O–H groups in total. The minimum Gasteiger partial charge on any atom is -0.481 e. The summed E-state index contributed by atoms with van der Waals surface area (Å²) in [6, 6.07) is 1.90. The van der Waals surface area contributed by atoms with Gasteiger partial charge in [0.2, 0.25) is 5.91 Å². The Labute approximate surface area is 123 Å². The van der Waals surface area contributed by atoms with E-state index in [-0.39, 0.29) is 18.0 Å². The normalized spacial score (nSPS) is 27.6. The Balaban J connectivity index is 1.99. The van der Waals surface area contributed by atoms with Crippen LogP contribution in [0.2, 0.25) is 0 Å². The van der Waals surface area contributed by atoms with Crippen molar-refractivity contribution in [3.05, 3.63) is 20.8 Å². The van der Waals surface area contributed by atoms with Gasteiger partial charge < -0.3 is 10.0 Å². The van der Waals surface area contributed by atoms with Crippen molar-refractivity contribution in [2.24, 2.45) is 5.92 Å². The second-order valence-corrected chi connectivity index (χ2v) is 6.99. The SMILES string of the molecule is O=C(O)C1CCC(=O)N(C2CC2)C1c1cc(Br)cs1. The second kappa shape index (κ2) is 4.90. The zero-order valence-corrected chi connectivity index (χ0v) is 12.6. The third kappa shape index (κ3) is 2.43. The molecule has 0 aromatic carbocycles. The van der Waals surface area contributed by atoms with Gasteiger partial charge in [-0.2, -0.15) is 0 Å². The van der Waals surface area contributed by atoms with Gasteiger partial charge in [-0.15, -0.1) is 11.3 Å².